The Labute approximate surface area is 294 Å². The van der Waals surface area contributed by atoms with Crippen LogP contribution in [0.25, 0.3) is 16.6 Å². The van der Waals surface area contributed by atoms with E-state index in [1.165, 1.54) is 24.3 Å². The third kappa shape index (κ3) is 8.92. The fraction of sp³-hybridized carbons (Fsp3) is 0.359. The summed E-state index contributed by atoms with van der Waals surface area (Å²) in [6, 6.07) is 16.4. The van der Waals surface area contributed by atoms with Gasteiger partial charge in [0.25, 0.3) is 0 Å². The van der Waals surface area contributed by atoms with Gasteiger partial charge < -0.3 is 29.7 Å². The number of nitrogens with one attached hydrogen (secondary N) is 3. The van der Waals surface area contributed by atoms with Crippen LogP contribution in [0.15, 0.2) is 66.4 Å². The van der Waals surface area contributed by atoms with Gasteiger partial charge in [-0.15, -0.1) is 0 Å². The first-order valence-electron chi connectivity index (χ1n) is 16.8. The summed E-state index contributed by atoms with van der Waals surface area (Å²) in [6.45, 7) is 6.22. The summed E-state index contributed by atoms with van der Waals surface area (Å²) in [5.41, 5.74) is 2.59. The van der Waals surface area contributed by atoms with Crippen LogP contribution in [-0.4, -0.2) is 39.8 Å². The van der Waals surface area contributed by atoms with Crippen molar-refractivity contribution >= 4 is 40.0 Å². The molecule has 2 atom stereocenters. The maximum absolute atomic E-state index is 15.8. The van der Waals surface area contributed by atoms with Crippen molar-refractivity contribution in [2.45, 2.75) is 65.3 Å². The lowest BCUT2D eigenvalue weighted by atomic mass is 9.87. The van der Waals surface area contributed by atoms with E-state index in [2.05, 4.69) is 24.1 Å². The number of benzene rings is 3. The van der Waals surface area contributed by atoms with Gasteiger partial charge in [-0.25, -0.2) is 8.78 Å². The van der Waals surface area contributed by atoms with Crippen molar-refractivity contribution in [1.29, 1.82) is 10.7 Å². The number of esters is 1. The molecule has 50 heavy (non-hydrogen) atoms. The standard InChI is InChI=1S/C39H42F2N4O4S/c1-4-48-36(46)13-10-25-7-5-8-26(19-25)34-9-6-16-39(2,3)24-50(47)18-15-30-29-14-17-44-35(29)21-33(41)38(30)49-28-11-12-32(40)31(20-28)37(45-34)27(22-42)23-43/h5,7-8,11-12,14,17,19-22,34,42,44-45H,4,6,9-10,13,15-16,18,24H2,1-3H3/b37-27+,42-22?. The van der Waals surface area contributed by atoms with E-state index in [0.717, 1.165) is 29.1 Å². The van der Waals surface area contributed by atoms with Crippen molar-refractivity contribution < 1.29 is 27.6 Å². The summed E-state index contributed by atoms with van der Waals surface area (Å²) in [6.07, 6.45) is 5.57. The second-order valence-electron chi connectivity index (χ2n) is 13.2. The molecule has 3 N–H and O–H groups in total. The van der Waals surface area contributed by atoms with E-state index in [0.29, 0.717) is 54.9 Å². The van der Waals surface area contributed by atoms with Gasteiger partial charge in [0.2, 0.25) is 0 Å². The minimum absolute atomic E-state index is 0.0125. The number of ether oxygens (including phenoxy) is 2. The molecule has 2 bridgehead atoms. The minimum Gasteiger partial charge on any atom is -0.616 e. The number of halogens is 2. The van der Waals surface area contributed by atoms with Crippen LogP contribution >= 0.6 is 0 Å². The van der Waals surface area contributed by atoms with Crippen molar-refractivity contribution in [3.8, 4) is 17.6 Å². The van der Waals surface area contributed by atoms with E-state index in [9.17, 15) is 14.6 Å². The molecule has 5 rings (SSSR count). The summed E-state index contributed by atoms with van der Waals surface area (Å²) in [5.74, 6) is -0.741. The van der Waals surface area contributed by atoms with Crippen molar-refractivity contribution in [2.24, 2.45) is 5.41 Å². The Morgan fingerprint density at radius 3 is 2.78 bits per heavy atom. The molecule has 2 unspecified atom stereocenters. The van der Waals surface area contributed by atoms with Crippen LogP contribution in [0.2, 0.25) is 0 Å². The van der Waals surface area contributed by atoms with E-state index < -0.39 is 28.9 Å². The second-order valence-corrected chi connectivity index (χ2v) is 14.8. The highest BCUT2D eigenvalue weighted by molar-refractivity contribution is 7.91. The largest absolute Gasteiger partial charge is 0.616 e. The molecule has 4 aromatic rings. The number of aryl methyl sites for hydroxylation is 2. The Morgan fingerprint density at radius 1 is 1.20 bits per heavy atom. The van der Waals surface area contributed by atoms with Gasteiger partial charge >= 0.3 is 5.97 Å². The average Bonchev–Trinajstić information content (AvgIpc) is 3.55. The highest BCUT2D eigenvalue weighted by atomic mass is 32.2. The fourth-order valence-electron chi connectivity index (χ4n) is 6.44. The van der Waals surface area contributed by atoms with Crippen LogP contribution in [0, 0.1) is 33.8 Å². The molecular formula is C39H42F2N4O4S. The van der Waals surface area contributed by atoms with Crippen LogP contribution in [0.5, 0.6) is 11.5 Å². The molecule has 3 aromatic carbocycles. The minimum atomic E-state index is -1.21. The predicted molar refractivity (Wildman–Crippen MR) is 193 cm³/mol. The lowest BCUT2D eigenvalue weighted by Crippen LogP contribution is -2.27. The number of nitrogens with zero attached hydrogens (tertiary/aromatic N) is 1. The number of rotatable bonds is 6. The van der Waals surface area contributed by atoms with Gasteiger partial charge in [-0.1, -0.05) is 55.7 Å². The number of hydrogen-bond acceptors (Lipinski definition) is 7. The quantitative estimate of drug-likeness (QED) is 0.0800. The van der Waals surface area contributed by atoms with Crippen LogP contribution < -0.4 is 10.1 Å². The van der Waals surface area contributed by atoms with Gasteiger partial charge in [0, 0.05) is 58.8 Å². The Bertz CT molecular complexity index is 1930. The lowest BCUT2D eigenvalue weighted by molar-refractivity contribution is -0.143. The number of fused-ring (bicyclic) bond motifs is 5. The van der Waals surface area contributed by atoms with E-state index >= 15 is 8.78 Å². The number of nitriles is 1. The Morgan fingerprint density at radius 2 is 2.02 bits per heavy atom. The Kier molecular flexibility index (Phi) is 12.0. The van der Waals surface area contributed by atoms with Gasteiger partial charge in [-0.05, 0) is 61.6 Å². The molecule has 1 aliphatic heterocycles. The first-order valence-corrected chi connectivity index (χ1v) is 18.3. The monoisotopic (exact) mass is 700 g/mol. The van der Waals surface area contributed by atoms with Gasteiger partial charge in [-0.2, -0.15) is 5.26 Å². The van der Waals surface area contributed by atoms with Gasteiger partial charge in [-0.3, -0.25) is 4.79 Å². The molecule has 0 saturated heterocycles. The lowest BCUT2D eigenvalue weighted by Gasteiger charge is -2.28. The summed E-state index contributed by atoms with van der Waals surface area (Å²) in [4.78, 5) is 15.1. The molecule has 0 radical (unpaired) electrons. The van der Waals surface area contributed by atoms with Crippen LogP contribution in [0.3, 0.4) is 0 Å². The van der Waals surface area contributed by atoms with Crippen molar-refractivity contribution in [3.05, 3.63) is 100 Å². The van der Waals surface area contributed by atoms with E-state index in [1.54, 1.807) is 13.1 Å². The molecule has 1 aromatic heterocycles. The SMILES string of the molecule is CCOC(=O)CCc1cccc(C2CCCC(C)(C)C[S+]([O-])CCc3c(c(F)cc4[nH]ccc34)Oc3ccc(F)c(c3)/C(=C(\C#N)C=N)N2)c1. The van der Waals surface area contributed by atoms with E-state index in [1.807, 2.05) is 36.4 Å². The van der Waals surface area contributed by atoms with Gasteiger partial charge in [0.05, 0.1) is 23.9 Å². The fourth-order valence-corrected chi connectivity index (χ4v) is 8.03. The molecule has 0 spiro atoms. The maximum atomic E-state index is 15.8. The van der Waals surface area contributed by atoms with Gasteiger partial charge in [0.15, 0.2) is 11.6 Å². The molecule has 0 amide bonds. The predicted octanol–water partition coefficient (Wildman–Crippen LogP) is 8.45. The molecule has 0 fully saturated rings. The molecule has 11 heteroatoms. The first kappa shape index (κ1) is 36.6. The number of aromatic amines is 1. The number of hydrogen-bond donors (Lipinski definition) is 3. The van der Waals surface area contributed by atoms with Crippen LogP contribution in [0.1, 0.15) is 74.8 Å². The molecule has 2 heterocycles. The normalized spacial score (nSPS) is 19.2. The third-order valence-electron chi connectivity index (χ3n) is 8.90. The second kappa shape index (κ2) is 16.4. The van der Waals surface area contributed by atoms with Crippen LogP contribution in [0.4, 0.5) is 8.78 Å². The maximum Gasteiger partial charge on any atom is 0.306 e. The molecule has 1 aliphatic rings. The third-order valence-corrected chi connectivity index (χ3v) is 10.7. The molecular weight excluding hydrogens is 659 g/mol. The summed E-state index contributed by atoms with van der Waals surface area (Å²) in [5, 5.41) is 22.3. The number of carbonyl (C=O) groups is 1. The van der Waals surface area contributed by atoms with E-state index in [4.69, 9.17) is 14.9 Å². The smallest absolute Gasteiger partial charge is 0.306 e. The van der Waals surface area contributed by atoms with Crippen molar-refractivity contribution in [1.82, 2.24) is 10.3 Å². The molecule has 8 nitrogen and oxygen atoms in total. The molecule has 262 valence electrons. The summed E-state index contributed by atoms with van der Waals surface area (Å²) in [7, 11) is 0. The summed E-state index contributed by atoms with van der Waals surface area (Å²) >= 11 is -1.21. The van der Waals surface area contributed by atoms with Crippen molar-refractivity contribution in [2.75, 3.05) is 18.1 Å². The van der Waals surface area contributed by atoms with E-state index in [-0.39, 0.29) is 46.1 Å². The summed E-state index contributed by atoms with van der Waals surface area (Å²) < 4.78 is 56.2. The topological polar surface area (TPSA) is 134 Å². The zero-order valence-electron chi connectivity index (χ0n) is 28.5. The molecule has 0 saturated carbocycles. The van der Waals surface area contributed by atoms with Crippen LogP contribution in [-0.2, 0) is 33.5 Å². The zero-order valence-corrected chi connectivity index (χ0v) is 29.4. The Hall–Kier alpha value is -4.66. The number of aromatic nitrogens is 1. The number of H-pyrrole nitrogens is 1. The zero-order chi connectivity index (χ0) is 35.8. The average molecular weight is 701 g/mol. The number of allylic oxidation sites excluding steroid dienone is 1. The Balaban J connectivity index is 1.61. The highest BCUT2D eigenvalue weighted by Gasteiger charge is 2.28. The molecule has 0 aliphatic carbocycles. The van der Waals surface area contributed by atoms with Gasteiger partial charge in [0.1, 0.15) is 29.1 Å². The number of carbonyl (C=O) groups excluding carboxylic acids is 1. The van der Waals surface area contributed by atoms with Crippen molar-refractivity contribution in [3.63, 3.8) is 0 Å². The first-order chi connectivity index (χ1) is 24.0. The highest BCUT2D eigenvalue weighted by Crippen LogP contribution is 2.38.